The molecular formula is C16H16F6N4O. The smallest absolute Gasteiger partial charge is 0.398 e. The van der Waals surface area contributed by atoms with Gasteiger partial charge in [0.15, 0.2) is 0 Å². The van der Waals surface area contributed by atoms with Gasteiger partial charge in [0.25, 0.3) is 0 Å². The Labute approximate surface area is 149 Å². The molecule has 0 spiro atoms. The van der Waals surface area contributed by atoms with Crippen LogP contribution in [0.2, 0.25) is 0 Å². The first kappa shape index (κ1) is 20.5. The highest BCUT2D eigenvalue weighted by atomic mass is 19.4. The van der Waals surface area contributed by atoms with Gasteiger partial charge in [-0.1, -0.05) is 0 Å². The number of rotatable bonds is 4. The van der Waals surface area contributed by atoms with Crippen molar-refractivity contribution < 1.29 is 31.1 Å². The Kier molecular flexibility index (Phi) is 5.36. The number of nitrogens with two attached hydrogens (primary N) is 4. The fraction of sp³-hybridized carbons (Fsp3) is 0.250. The summed E-state index contributed by atoms with van der Waals surface area (Å²) in [6, 6.07) is 2.87. The molecule has 0 heterocycles. The van der Waals surface area contributed by atoms with E-state index in [1.807, 2.05) is 0 Å². The van der Waals surface area contributed by atoms with Gasteiger partial charge in [-0.3, -0.25) is 0 Å². The molecule has 0 aliphatic rings. The largest absolute Gasteiger partial charge is 0.416 e. The van der Waals surface area contributed by atoms with Crippen molar-refractivity contribution in [1.29, 1.82) is 0 Å². The Morgan fingerprint density at radius 2 is 0.852 bits per heavy atom. The van der Waals surface area contributed by atoms with Crippen molar-refractivity contribution in [1.82, 2.24) is 0 Å². The van der Waals surface area contributed by atoms with Crippen LogP contribution in [0, 0.1) is 0 Å². The molecule has 0 atom stereocenters. The van der Waals surface area contributed by atoms with Gasteiger partial charge in [-0.2, -0.15) is 26.3 Å². The maximum atomic E-state index is 12.7. The molecule has 0 radical (unpaired) electrons. The second-order valence-corrected chi connectivity index (χ2v) is 5.75. The van der Waals surface area contributed by atoms with Gasteiger partial charge in [0.2, 0.25) is 0 Å². The molecule has 0 amide bonds. The number of hydrogen-bond acceptors (Lipinski definition) is 5. The predicted octanol–water partition coefficient (Wildman–Crippen LogP) is 3.77. The number of alkyl halides is 6. The number of halogens is 6. The molecule has 0 aliphatic heterocycles. The molecule has 27 heavy (non-hydrogen) atoms. The van der Waals surface area contributed by atoms with Gasteiger partial charge in [0.05, 0.1) is 24.3 Å². The average Bonchev–Trinajstić information content (AvgIpc) is 2.49. The van der Waals surface area contributed by atoms with Crippen molar-refractivity contribution >= 4 is 22.7 Å². The van der Waals surface area contributed by atoms with Crippen LogP contribution < -0.4 is 22.9 Å². The summed E-state index contributed by atoms with van der Waals surface area (Å²) in [7, 11) is 0. The van der Waals surface area contributed by atoms with Crippen molar-refractivity contribution in [2.45, 2.75) is 25.6 Å². The van der Waals surface area contributed by atoms with Crippen molar-refractivity contribution in [2.75, 3.05) is 22.9 Å². The summed E-state index contributed by atoms with van der Waals surface area (Å²) in [5.41, 5.74) is 19.7. The number of benzene rings is 2. The molecule has 0 saturated carbocycles. The second kappa shape index (κ2) is 7.06. The molecule has 2 aromatic rings. The van der Waals surface area contributed by atoms with E-state index in [4.69, 9.17) is 27.7 Å². The molecule has 2 aromatic carbocycles. The van der Waals surface area contributed by atoms with Gasteiger partial charge < -0.3 is 27.7 Å². The quantitative estimate of drug-likeness (QED) is 0.466. The zero-order chi connectivity index (χ0) is 20.6. The third-order valence-corrected chi connectivity index (χ3v) is 3.79. The highest BCUT2D eigenvalue weighted by Gasteiger charge is 2.32. The van der Waals surface area contributed by atoms with E-state index in [-0.39, 0.29) is 47.1 Å². The molecule has 0 saturated heterocycles. The molecule has 2 rings (SSSR count). The standard InChI is InChI=1S/C16H16F6N4O/c17-15(18,19)7-1-11(23)9(12(24)2-7)5-27-6-10-13(25)3-8(4-14(10)26)16(20,21)22/h1-4H,5-6,23-26H2. The van der Waals surface area contributed by atoms with E-state index in [1.165, 1.54) is 0 Å². The van der Waals surface area contributed by atoms with E-state index >= 15 is 0 Å². The van der Waals surface area contributed by atoms with Crippen LogP contribution in [0.25, 0.3) is 0 Å². The highest BCUT2D eigenvalue weighted by molar-refractivity contribution is 5.64. The lowest BCUT2D eigenvalue weighted by Gasteiger charge is -2.16. The first-order chi connectivity index (χ1) is 12.3. The van der Waals surface area contributed by atoms with Crippen molar-refractivity contribution in [3.63, 3.8) is 0 Å². The molecular weight excluding hydrogens is 378 g/mol. The molecule has 0 fully saturated rings. The third-order valence-electron chi connectivity index (χ3n) is 3.79. The summed E-state index contributed by atoms with van der Waals surface area (Å²) < 4.78 is 81.5. The lowest BCUT2D eigenvalue weighted by atomic mass is 10.1. The number of nitrogen functional groups attached to an aromatic ring is 4. The fourth-order valence-corrected chi connectivity index (χ4v) is 2.35. The molecule has 11 heteroatoms. The Morgan fingerprint density at radius 3 is 1.07 bits per heavy atom. The summed E-state index contributed by atoms with van der Waals surface area (Å²) in [5, 5.41) is 0. The van der Waals surface area contributed by atoms with E-state index in [2.05, 4.69) is 0 Å². The lowest BCUT2D eigenvalue weighted by molar-refractivity contribution is -0.138. The Hall–Kier alpha value is -2.82. The normalized spacial score (nSPS) is 12.4. The van der Waals surface area contributed by atoms with Gasteiger partial charge in [-0.15, -0.1) is 0 Å². The van der Waals surface area contributed by atoms with Crippen LogP contribution >= 0.6 is 0 Å². The predicted molar refractivity (Wildman–Crippen MR) is 89.0 cm³/mol. The molecule has 0 bridgehead atoms. The second-order valence-electron chi connectivity index (χ2n) is 5.75. The number of hydrogen-bond donors (Lipinski definition) is 4. The molecule has 0 aliphatic carbocycles. The van der Waals surface area contributed by atoms with Crippen LogP contribution in [-0.4, -0.2) is 0 Å². The van der Waals surface area contributed by atoms with Crippen LogP contribution in [0.4, 0.5) is 49.1 Å². The minimum Gasteiger partial charge on any atom is -0.398 e. The monoisotopic (exact) mass is 394 g/mol. The molecule has 8 N–H and O–H groups in total. The van der Waals surface area contributed by atoms with Gasteiger partial charge in [-0.05, 0) is 24.3 Å². The van der Waals surface area contributed by atoms with Gasteiger partial charge in [-0.25, -0.2) is 0 Å². The summed E-state index contributed by atoms with van der Waals surface area (Å²) in [6.45, 7) is -0.564. The average molecular weight is 394 g/mol. The summed E-state index contributed by atoms with van der Waals surface area (Å²) in [5.74, 6) is 0. The maximum Gasteiger partial charge on any atom is 0.416 e. The zero-order valence-electron chi connectivity index (χ0n) is 13.7. The van der Waals surface area contributed by atoms with Gasteiger partial charge in [0, 0.05) is 33.9 Å². The zero-order valence-corrected chi connectivity index (χ0v) is 13.7. The van der Waals surface area contributed by atoms with Crippen LogP contribution in [0.3, 0.4) is 0 Å². The minimum atomic E-state index is -4.61. The van der Waals surface area contributed by atoms with E-state index in [1.54, 1.807) is 0 Å². The number of anilines is 4. The first-order valence-corrected chi connectivity index (χ1v) is 7.38. The van der Waals surface area contributed by atoms with Crippen molar-refractivity contribution in [3.05, 3.63) is 46.5 Å². The highest BCUT2D eigenvalue weighted by Crippen LogP contribution is 2.36. The topological polar surface area (TPSA) is 113 Å². The molecule has 5 nitrogen and oxygen atoms in total. The Bertz CT molecular complexity index is 732. The SMILES string of the molecule is Nc1cc(C(F)(F)F)cc(N)c1COCc1c(N)cc(C(F)(F)F)cc1N. The molecule has 0 unspecified atom stereocenters. The van der Waals surface area contributed by atoms with Crippen LogP contribution in [0.5, 0.6) is 0 Å². The maximum absolute atomic E-state index is 12.7. The van der Waals surface area contributed by atoms with E-state index < -0.39 is 23.5 Å². The van der Waals surface area contributed by atoms with E-state index in [9.17, 15) is 26.3 Å². The van der Waals surface area contributed by atoms with Gasteiger partial charge >= 0.3 is 12.4 Å². The van der Waals surface area contributed by atoms with Crippen molar-refractivity contribution in [3.8, 4) is 0 Å². The van der Waals surface area contributed by atoms with Crippen LogP contribution in [-0.2, 0) is 30.3 Å². The third kappa shape index (κ3) is 4.67. The Morgan fingerprint density at radius 1 is 0.593 bits per heavy atom. The van der Waals surface area contributed by atoms with Crippen LogP contribution in [0.15, 0.2) is 24.3 Å². The summed E-state index contributed by atoms with van der Waals surface area (Å²) >= 11 is 0. The Balaban J connectivity index is 2.16. The van der Waals surface area contributed by atoms with Gasteiger partial charge in [0.1, 0.15) is 0 Å². The fourth-order valence-electron chi connectivity index (χ4n) is 2.35. The minimum absolute atomic E-state index is 0.118. The first-order valence-electron chi connectivity index (χ1n) is 7.38. The molecule has 148 valence electrons. The van der Waals surface area contributed by atoms with Crippen LogP contribution in [0.1, 0.15) is 22.3 Å². The molecule has 0 aromatic heterocycles. The van der Waals surface area contributed by atoms with E-state index in [0.717, 1.165) is 24.3 Å². The summed E-state index contributed by atoms with van der Waals surface area (Å²) in [4.78, 5) is 0. The number of ether oxygens (including phenoxy) is 1. The van der Waals surface area contributed by atoms with Crippen molar-refractivity contribution in [2.24, 2.45) is 0 Å². The van der Waals surface area contributed by atoms with E-state index in [0.29, 0.717) is 0 Å². The lowest BCUT2D eigenvalue weighted by Crippen LogP contribution is -2.11. The summed E-state index contributed by atoms with van der Waals surface area (Å²) in [6.07, 6.45) is -9.21.